The van der Waals surface area contributed by atoms with E-state index in [9.17, 15) is 4.79 Å². The molecule has 0 radical (unpaired) electrons. The Hall–Kier alpha value is -1.39. The van der Waals surface area contributed by atoms with Gasteiger partial charge in [0.15, 0.2) is 0 Å². The molecule has 0 aliphatic carbocycles. The van der Waals surface area contributed by atoms with Gasteiger partial charge in [0.25, 0.3) is 5.91 Å². The van der Waals surface area contributed by atoms with Gasteiger partial charge in [-0.25, -0.2) is 5.01 Å². The van der Waals surface area contributed by atoms with Crippen LogP contribution in [0.4, 0.5) is 0 Å². The van der Waals surface area contributed by atoms with Crippen LogP contribution >= 0.6 is 0 Å². The van der Waals surface area contributed by atoms with E-state index in [-0.39, 0.29) is 11.9 Å². The number of amides is 1. The molecule has 1 aliphatic rings. The van der Waals surface area contributed by atoms with Crippen LogP contribution in [0.25, 0.3) is 0 Å². The van der Waals surface area contributed by atoms with Gasteiger partial charge in [-0.2, -0.15) is 0 Å². The molecule has 19 heavy (non-hydrogen) atoms. The summed E-state index contributed by atoms with van der Waals surface area (Å²) in [5.74, 6) is 0.0287. The Morgan fingerprint density at radius 2 is 2.16 bits per heavy atom. The Balaban J connectivity index is 1.74. The molecule has 1 amide bonds. The minimum Gasteiger partial charge on any atom is -0.348 e. The summed E-state index contributed by atoms with van der Waals surface area (Å²) >= 11 is 0. The van der Waals surface area contributed by atoms with Gasteiger partial charge in [0.05, 0.1) is 0 Å². The minimum absolute atomic E-state index is 0.0287. The highest BCUT2D eigenvalue weighted by atomic mass is 16.1. The number of benzene rings is 1. The number of rotatable bonds is 6. The normalized spacial score (nSPS) is 19.5. The van der Waals surface area contributed by atoms with Crippen molar-refractivity contribution in [2.45, 2.75) is 32.2 Å². The molecular formula is C15H23N3O. The fourth-order valence-corrected chi connectivity index (χ4v) is 2.29. The maximum absolute atomic E-state index is 12.0. The quantitative estimate of drug-likeness (QED) is 0.767. The second-order valence-electron chi connectivity index (χ2n) is 5.03. The summed E-state index contributed by atoms with van der Waals surface area (Å²) in [6, 6.07) is 9.65. The van der Waals surface area contributed by atoms with Crippen molar-refractivity contribution in [2.75, 3.05) is 19.6 Å². The van der Waals surface area contributed by atoms with E-state index in [0.717, 1.165) is 31.6 Å². The van der Waals surface area contributed by atoms with Crippen LogP contribution in [0.5, 0.6) is 0 Å². The Morgan fingerprint density at radius 3 is 2.89 bits per heavy atom. The van der Waals surface area contributed by atoms with E-state index in [1.165, 1.54) is 12.8 Å². The molecule has 2 rings (SSSR count). The first-order valence-corrected chi connectivity index (χ1v) is 7.14. The molecule has 104 valence electrons. The lowest BCUT2D eigenvalue weighted by molar-refractivity contribution is 0.0936. The number of hydrogen-bond acceptors (Lipinski definition) is 3. The summed E-state index contributed by atoms with van der Waals surface area (Å²) in [5, 5.41) is 5.31. The zero-order chi connectivity index (χ0) is 13.5. The highest BCUT2D eigenvalue weighted by molar-refractivity contribution is 5.94. The van der Waals surface area contributed by atoms with Gasteiger partial charge in [-0.15, -0.1) is 0 Å². The van der Waals surface area contributed by atoms with Crippen molar-refractivity contribution >= 4 is 5.91 Å². The Kier molecular flexibility index (Phi) is 5.36. The molecule has 1 saturated heterocycles. The summed E-state index contributed by atoms with van der Waals surface area (Å²) < 4.78 is 0. The van der Waals surface area contributed by atoms with Crippen LogP contribution in [0, 0.1) is 0 Å². The van der Waals surface area contributed by atoms with Crippen LogP contribution in [0.3, 0.4) is 0 Å². The van der Waals surface area contributed by atoms with E-state index >= 15 is 0 Å². The van der Waals surface area contributed by atoms with E-state index in [0.29, 0.717) is 0 Å². The Morgan fingerprint density at radius 1 is 1.37 bits per heavy atom. The van der Waals surface area contributed by atoms with Crippen molar-refractivity contribution in [3.05, 3.63) is 35.9 Å². The van der Waals surface area contributed by atoms with E-state index in [1.54, 1.807) is 0 Å². The van der Waals surface area contributed by atoms with E-state index < -0.39 is 0 Å². The highest BCUT2D eigenvalue weighted by Crippen LogP contribution is 2.08. The van der Waals surface area contributed by atoms with Gasteiger partial charge in [0.1, 0.15) is 0 Å². The average Bonchev–Trinajstić information content (AvgIpc) is 2.88. The zero-order valence-corrected chi connectivity index (χ0v) is 11.6. The number of nitrogens with one attached hydrogen (secondary N) is 2. The predicted octanol–water partition coefficient (Wildman–Crippen LogP) is 1.80. The Labute approximate surface area is 115 Å². The molecule has 1 fully saturated rings. The lowest BCUT2D eigenvalue weighted by atomic mass is 10.2. The lowest BCUT2D eigenvalue weighted by Crippen LogP contribution is -2.41. The van der Waals surface area contributed by atoms with Gasteiger partial charge < -0.3 is 5.32 Å². The maximum atomic E-state index is 12.0. The van der Waals surface area contributed by atoms with Gasteiger partial charge in [-0.1, -0.05) is 31.5 Å². The smallest absolute Gasteiger partial charge is 0.251 e. The molecule has 4 nitrogen and oxygen atoms in total. The van der Waals surface area contributed by atoms with Crippen molar-refractivity contribution in [2.24, 2.45) is 0 Å². The van der Waals surface area contributed by atoms with Gasteiger partial charge in [-0.3, -0.25) is 10.2 Å². The molecule has 0 unspecified atom stereocenters. The topological polar surface area (TPSA) is 44.4 Å². The first-order valence-electron chi connectivity index (χ1n) is 7.14. The van der Waals surface area contributed by atoms with Crippen LogP contribution in [-0.4, -0.2) is 36.6 Å². The van der Waals surface area contributed by atoms with E-state index in [1.807, 2.05) is 30.3 Å². The second-order valence-corrected chi connectivity index (χ2v) is 5.03. The molecule has 1 aromatic rings. The summed E-state index contributed by atoms with van der Waals surface area (Å²) in [6.07, 6.45) is 3.41. The van der Waals surface area contributed by atoms with Gasteiger partial charge >= 0.3 is 0 Å². The monoisotopic (exact) mass is 261 g/mol. The van der Waals surface area contributed by atoms with Crippen molar-refractivity contribution in [1.82, 2.24) is 15.8 Å². The molecule has 0 bridgehead atoms. The van der Waals surface area contributed by atoms with Gasteiger partial charge in [-0.05, 0) is 25.0 Å². The molecule has 0 spiro atoms. The number of hydrazine groups is 1. The van der Waals surface area contributed by atoms with Crippen molar-refractivity contribution < 1.29 is 4.79 Å². The summed E-state index contributed by atoms with van der Waals surface area (Å²) in [5.41, 5.74) is 4.14. The molecule has 1 heterocycles. The van der Waals surface area contributed by atoms with Crippen LogP contribution in [0.2, 0.25) is 0 Å². The fourth-order valence-electron chi connectivity index (χ4n) is 2.29. The van der Waals surface area contributed by atoms with Crippen LogP contribution in [0.1, 0.15) is 36.5 Å². The van der Waals surface area contributed by atoms with Crippen LogP contribution < -0.4 is 10.7 Å². The number of unbranched alkanes of at least 4 members (excludes halogenated alkanes) is 1. The molecule has 4 heteroatoms. The molecule has 1 aliphatic heterocycles. The summed E-state index contributed by atoms with van der Waals surface area (Å²) in [7, 11) is 0. The molecule has 1 aromatic carbocycles. The largest absolute Gasteiger partial charge is 0.348 e. The molecule has 0 saturated carbocycles. The number of carbonyl (C=O) groups excluding carboxylic acids is 1. The minimum atomic E-state index is 0.0287. The van der Waals surface area contributed by atoms with Crippen LogP contribution in [0.15, 0.2) is 30.3 Å². The number of nitrogens with zero attached hydrogens (tertiary/aromatic N) is 1. The maximum Gasteiger partial charge on any atom is 0.251 e. The standard InChI is InChI=1S/C15H23N3O/c1-2-3-10-16-18-11-9-14(12-18)17-15(19)13-7-5-4-6-8-13/h4-8,14,16H,2-3,9-12H2,1H3,(H,17,19)/t14-/m0/s1. The third-order valence-corrected chi connectivity index (χ3v) is 3.43. The molecule has 2 N–H and O–H groups in total. The average molecular weight is 261 g/mol. The van der Waals surface area contributed by atoms with Crippen molar-refractivity contribution in [3.63, 3.8) is 0 Å². The molecule has 0 aromatic heterocycles. The van der Waals surface area contributed by atoms with Gasteiger partial charge in [0.2, 0.25) is 0 Å². The first kappa shape index (κ1) is 14.0. The second kappa shape index (κ2) is 7.26. The number of carbonyl (C=O) groups is 1. The zero-order valence-electron chi connectivity index (χ0n) is 11.6. The first-order chi connectivity index (χ1) is 9.29. The lowest BCUT2D eigenvalue weighted by Gasteiger charge is -2.17. The molecular weight excluding hydrogens is 238 g/mol. The summed E-state index contributed by atoms with van der Waals surface area (Å²) in [6.45, 7) is 5.11. The third kappa shape index (κ3) is 4.33. The van der Waals surface area contributed by atoms with Crippen molar-refractivity contribution in [3.8, 4) is 0 Å². The highest BCUT2D eigenvalue weighted by Gasteiger charge is 2.23. The van der Waals surface area contributed by atoms with Crippen molar-refractivity contribution in [1.29, 1.82) is 0 Å². The fraction of sp³-hybridized carbons (Fsp3) is 0.533. The van der Waals surface area contributed by atoms with Gasteiger partial charge in [0, 0.05) is 31.2 Å². The summed E-state index contributed by atoms with van der Waals surface area (Å²) in [4.78, 5) is 12.0. The number of hydrogen-bond donors (Lipinski definition) is 2. The third-order valence-electron chi connectivity index (χ3n) is 3.43. The SMILES string of the molecule is CCCCNN1CC[C@H](NC(=O)c2ccccc2)C1. The predicted molar refractivity (Wildman–Crippen MR) is 76.8 cm³/mol. The Bertz CT molecular complexity index is 394. The van der Waals surface area contributed by atoms with E-state index in [4.69, 9.17) is 0 Å². The van der Waals surface area contributed by atoms with Crippen LogP contribution in [-0.2, 0) is 0 Å². The van der Waals surface area contributed by atoms with E-state index in [2.05, 4.69) is 22.7 Å². The molecule has 1 atom stereocenters.